The standard InChI is InChI=1S/C12H24O2.La/c1-2-3-4-5-6-7-8-9-10-11-12(13)14;/h2-11H2,1H3,(H,13,14);. The molecule has 0 amide bonds. The Hall–Kier alpha value is 0.665. The summed E-state index contributed by atoms with van der Waals surface area (Å²) in [5, 5.41) is 8.41. The molecule has 15 heavy (non-hydrogen) atoms. The fourth-order valence-electron chi connectivity index (χ4n) is 1.59. The Bertz CT molecular complexity index is 138. The molecule has 3 heteroatoms. The van der Waals surface area contributed by atoms with E-state index in [9.17, 15) is 4.79 Å². The molecule has 1 N–H and O–H groups in total. The van der Waals surface area contributed by atoms with Gasteiger partial charge in [0.1, 0.15) is 0 Å². The SMILES string of the molecule is CCCCCCCCCCCC(=O)O.[La]. The number of rotatable bonds is 10. The molecule has 0 aliphatic carbocycles. The average Bonchev–Trinajstić information content (AvgIpc) is 2.15. The zero-order valence-electron chi connectivity index (χ0n) is 10.0. The third kappa shape index (κ3) is 17.3. The van der Waals surface area contributed by atoms with Gasteiger partial charge >= 0.3 is 5.97 Å². The summed E-state index contributed by atoms with van der Waals surface area (Å²) in [4.78, 5) is 10.2. The molecule has 0 saturated carbocycles. The van der Waals surface area contributed by atoms with E-state index in [2.05, 4.69) is 6.92 Å². The smallest absolute Gasteiger partial charge is 0.303 e. The van der Waals surface area contributed by atoms with E-state index in [0.717, 1.165) is 12.8 Å². The van der Waals surface area contributed by atoms with E-state index in [1.165, 1.54) is 44.9 Å². The van der Waals surface area contributed by atoms with Crippen LogP contribution in [0.4, 0.5) is 0 Å². The maximum atomic E-state index is 10.2. The summed E-state index contributed by atoms with van der Waals surface area (Å²) in [6.07, 6.45) is 11.5. The fourth-order valence-corrected chi connectivity index (χ4v) is 1.59. The summed E-state index contributed by atoms with van der Waals surface area (Å²) >= 11 is 0. The summed E-state index contributed by atoms with van der Waals surface area (Å²) in [6.45, 7) is 2.23. The van der Waals surface area contributed by atoms with Crippen LogP contribution in [0.25, 0.3) is 0 Å². The van der Waals surface area contributed by atoms with Crippen molar-refractivity contribution in [1.82, 2.24) is 0 Å². The van der Waals surface area contributed by atoms with Gasteiger partial charge in [-0.15, -0.1) is 0 Å². The second-order valence-corrected chi connectivity index (χ2v) is 3.97. The minimum Gasteiger partial charge on any atom is -0.481 e. The van der Waals surface area contributed by atoms with Crippen LogP contribution in [-0.2, 0) is 4.79 Å². The van der Waals surface area contributed by atoms with Crippen molar-refractivity contribution in [2.75, 3.05) is 0 Å². The first kappa shape index (κ1) is 18.0. The van der Waals surface area contributed by atoms with Gasteiger partial charge in [0.05, 0.1) is 0 Å². The van der Waals surface area contributed by atoms with E-state index in [-0.39, 0.29) is 35.6 Å². The fraction of sp³-hybridized carbons (Fsp3) is 0.917. The summed E-state index contributed by atoms with van der Waals surface area (Å²) in [6, 6.07) is 0. The largest absolute Gasteiger partial charge is 0.481 e. The first-order valence-electron chi connectivity index (χ1n) is 5.99. The van der Waals surface area contributed by atoms with Crippen LogP contribution in [0.2, 0.25) is 0 Å². The van der Waals surface area contributed by atoms with Crippen molar-refractivity contribution in [3.05, 3.63) is 0 Å². The van der Waals surface area contributed by atoms with E-state index >= 15 is 0 Å². The topological polar surface area (TPSA) is 37.3 Å². The van der Waals surface area contributed by atoms with E-state index < -0.39 is 5.97 Å². The van der Waals surface area contributed by atoms with Crippen LogP contribution in [0.5, 0.6) is 0 Å². The summed E-state index contributed by atoms with van der Waals surface area (Å²) in [5.41, 5.74) is 0. The number of carbonyl (C=O) groups is 1. The Labute approximate surface area is 122 Å². The number of carboxylic acid groups (broad SMARTS) is 1. The van der Waals surface area contributed by atoms with Crippen molar-refractivity contribution >= 4 is 5.97 Å². The molecule has 0 unspecified atom stereocenters. The predicted molar refractivity (Wildman–Crippen MR) is 59.5 cm³/mol. The Balaban J connectivity index is 0. The summed E-state index contributed by atoms with van der Waals surface area (Å²) in [5.74, 6) is -0.659. The number of aliphatic carboxylic acids is 1. The van der Waals surface area contributed by atoms with Gasteiger partial charge in [0.15, 0.2) is 0 Å². The number of unbranched alkanes of at least 4 members (excludes halogenated alkanes) is 8. The molecule has 0 atom stereocenters. The molecule has 0 saturated heterocycles. The van der Waals surface area contributed by atoms with Crippen molar-refractivity contribution in [3.63, 3.8) is 0 Å². The molecule has 0 rings (SSSR count). The predicted octanol–water partition coefficient (Wildman–Crippen LogP) is 3.99. The molecule has 0 aliphatic heterocycles. The molecule has 0 heterocycles. The van der Waals surface area contributed by atoms with Crippen LogP contribution in [0.1, 0.15) is 71.1 Å². The van der Waals surface area contributed by atoms with Gasteiger partial charge in [-0.3, -0.25) is 4.79 Å². The Morgan fingerprint density at radius 2 is 1.27 bits per heavy atom. The second-order valence-electron chi connectivity index (χ2n) is 3.97. The van der Waals surface area contributed by atoms with Crippen LogP contribution in [0.15, 0.2) is 0 Å². The van der Waals surface area contributed by atoms with Gasteiger partial charge in [0.2, 0.25) is 0 Å². The van der Waals surface area contributed by atoms with Gasteiger partial charge in [0.25, 0.3) is 0 Å². The van der Waals surface area contributed by atoms with Crippen molar-refractivity contribution in [3.8, 4) is 0 Å². The summed E-state index contributed by atoms with van der Waals surface area (Å²) in [7, 11) is 0. The monoisotopic (exact) mass is 339 g/mol. The number of hydrogen-bond acceptors (Lipinski definition) is 1. The first-order valence-corrected chi connectivity index (χ1v) is 5.99. The summed E-state index contributed by atoms with van der Waals surface area (Å²) < 4.78 is 0. The van der Waals surface area contributed by atoms with Gasteiger partial charge < -0.3 is 5.11 Å². The van der Waals surface area contributed by atoms with Gasteiger partial charge in [-0.2, -0.15) is 0 Å². The molecule has 0 aliphatic rings. The molecule has 0 aromatic rings. The molecular formula is C12H24LaO2. The van der Waals surface area contributed by atoms with E-state index in [1.54, 1.807) is 0 Å². The molecule has 0 spiro atoms. The minimum absolute atomic E-state index is 0. The molecule has 0 bridgehead atoms. The van der Waals surface area contributed by atoms with Crippen LogP contribution in [-0.4, -0.2) is 11.1 Å². The maximum absolute atomic E-state index is 10.2. The zero-order chi connectivity index (χ0) is 10.6. The molecule has 0 fully saturated rings. The first-order chi connectivity index (χ1) is 6.77. The normalized spacial score (nSPS) is 9.67. The van der Waals surface area contributed by atoms with Crippen molar-refractivity contribution in [2.24, 2.45) is 0 Å². The maximum Gasteiger partial charge on any atom is 0.303 e. The molecular weight excluding hydrogens is 315 g/mol. The van der Waals surface area contributed by atoms with Crippen LogP contribution >= 0.6 is 0 Å². The van der Waals surface area contributed by atoms with E-state index in [4.69, 9.17) is 5.11 Å². The van der Waals surface area contributed by atoms with Gasteiger partial charge in [0, 0.05) is 42.0 Å². The van der Waals surface area contributed by atoms with Crippen molar-refractivity contribution in [2.45, 2.75) is 71.1 Å². The van der Waals surface area contributed by atoms with Gasteiger partial charge in [-0.1, -0.05) is 58.3 Å². The minimum atomic E-state index is -0.659. The Kier molecular flexibility index (Phi) is 17.6. The van der Waals surface area contributed by atoms with Gasteiger partial charge in [-0.05, 0) is 6.42 Å². The number of carboxylic acids is 1. The molecule has 0 aromatic carbocycles. The Morgan fingerprint density at radius 3 is 1.67 bits per heavy atom. The van der Waals surface area contributed by atoms with E-state index in [1.807, 2.05) is 0 Å². The molecule has 0 aromatic heterocycles. The quantitative estimate of drug-likeness (QED) is 0.611. The van der Waals surface area contributed by atoms with Crippen molar-refractivity contribution in [1.29, 1.82) is 0 Å². The second kappa shape index (κ2) is 14.7. The Morgan fingerprint density at radius 1 is 0.867 bits per heavy atom. The third-order valence-corrected chi connectivity index (χ3v) is 2.49. The zero-order valence-corrected chi connectivity index (χ0v) is 13.6. The third-order valence-electron chi connectivity index (χ3n) is 2.49. The van der Waals surface area contributed by atoms with Gasteiger partial charge in [-0.25, -0.2) is 0 Å². The average molecular weight is 339 g/mol. The molecule has 87 valence electrons. The molecule has 2 nitrogen and oxygen atoms in total. The van der Waals surface area contributed by atoms with Crippen LogP contribution in [0, 0.1) is 35.6 Å². The van der Waals surface area contributed by atoms with E-state index in [0.29, 0.717) is 6.42 Å². The molecule has 1 radical (unpaired) electrons. The van der Waals surface area contributed by atoms with Crippen LogP contribution in [0.3, 0.4) is 0 Å². The van der Waals surface area contributed by atoms with Crippen LogP contribution < -0.4 is 0 Å². The van der Waals surface area contributed by atoms with Crippen molar-refractivity contribution < 1.29 is 45.5 Å². The number of hydrogen-bond donors (Lipinski definition) is 1.